The number of nitrogens with zero attached hydrogens (tertiary/aromatic N) is 3. The number of carbonyl (C=O) groups is 2. The van der Waals surface area contributed by atoms with Crippen molar-refractivity contribution in [2.75, 3.05) is 31.5 Å². The lowest BCUT2D eigenvalue weighted by molar-refractivity contribution is 0.0947. The summed E-state index contributed by atoms with van der Waals surface area (Å²) in [6, 6.07) is 7.48. The summed E-state index contributed by atoms with van der Waals surface area (Å²) in [5.41, 5.74) is 1.80. The van der Waals surface area contributed by atoms with Gasteiger partial charge in [-0.15, -0.1) is 10.2 Å². The fraction of sp³-hybridized carbons (Fsp3) is 0.500. The third kappa shape index (κ3) is 5.84. The molecule has 7 nitrogen and oxygen atoms in total. The zero-order valence-electron chi connectivity index (χ0n) is 16.4. The average Bonchev–Trinajstić information content (AvgIpc) is 3.17. The van der Waals surface area contributed by atoms with Gasteiger partial charge in [0.25, 0.3) is 11.8 Å². The molecule has 150 valence electrons. The Hall–Kier alpha value is -2.32. The third-order valence-corrected chi connectivity index (χ3v) is 5.72. The molecule has 1 aromatic heterocycles. The van der Waals surface area contributed by atoms with Crippen LogP contribution in [0, 0.1) is 12.8 Å². The van der Waals surface area contributed by atoms with Gasteiger partial charge in [-0.1, -0.05) is 36.0 Å². The highest BCUT2D eigenvalue weighted by Crippen LogP contribution is 2.16. The summed E-state index contributed by atoms with van der Waals surface area (Å²) in [4.78, 5) is 26.9. The number of carbonyl (C=O) groups excluding carboxylic acids is 2. The summed E-state index contributed by atoms with van der Waals surface area (Å²) in [6.07, 6.45) is 3.47. The van der Waals surface area contributed by atoms with Crippen molar-refractivity contribution in [2.45, 2.75) is 33.1 Å². The largest absolute Gasteiger partial charge is 0.350 e. The Morgan fingerprint density at radius 3 is 2.61 bits per heavy atom. The van der Waals surface area contributed by atoms with Gasteiger partial charge in [-0.05, 0) is 57.3 Å². The number of nitrogens with one attached hydrogen (secondary N) is 2. The lowest BCUT2D eigenvalue weighted by Crippen LogP contribution is -2.36. The number of aromatic nitrogens is 2. The first kappa shape index (κ1) is 20.4. The van der Waals surface area contributed by atoms with Crippen molar-refractivity contribution >= 4 is 28.8 Å². The van der Waals surface area contributed by atoms with Gasteiger partial charge in [0.15, 0.2) is 0 Å². The van der Waals surface area contributed by atoms with Gasteiger partial charge in [0, 0.05) is 18.8 Å². The van der Waals surface area contributed by atoms with Gasteiger partial charge in [0.2, 0.25) is 10.0 Å². The van der Waals surface area contributed by atoms with Crippen LogP contribution < -0.4 is 10.6 Å². The molecule has 8 heteroatoms. The molecule has 1 aliphatic heterocycles. The van der Waals surface area contributed by atoms with Gasteiger partial charge >= 0.3 is 0 Å². The predicted octanol–water partition coefficient (Wildman–Crippen LogP) is 2.95. The number of amides is 2. The standard InChI is InChI=1S/C20H27N5O2S/c1-14-6-8-16(9-7-14)22-18(27)20-24-23-19(28-20)17(26)21-10-4-12-25-11-3-5-15(2)13-25/h6-9,15H,3-5,10-13H2,1-2H3,(H,21,26)(H,22,27)/t15-/m0/s1. The number of piperidine rings is 1. The van der Waals surface area contributed by atoms with Gasteiger partial charge < -0.3 is 15.5 Å². The highest BCUT2D eigenvalue weighted by atomic mass is 32.1. The Morgan fingerprint density at radius 2 is 1.89 bits per heavy atom. The number of benzene rings is 1. The normalized spacial score (nSPS) is 17.3. The Morgan fingerprint density at radius 1 is 1.18 bits per heavy atom. The van der Waals surface area contributed by atoms with E-state index in [4.69, 9.17) is 0 Å². The maximum absolute atomic E-state index is 12.3. The molecule has 0 radical (unpaired) electrons. The van der Waals surface area contributed by atoms with E-state index in [0.717, 1.165) is 48.9 Å². The average molecular weight is 402 g/mol. The maximum Gasteiger partial charge on any atom is 0.286 e. The first-order chi connectivity index (χ1) is 13.5. The zero-order chi connectivity index (χ0) is 19.9. The molecule has 2 amide bonds. The molecule has 2 aromatic rings. The van der Waals surface area contributed by atoms with E-state index in [0.29, 0.717) is 12.2 Å². The van der Waals surface area contributed by atoms with Crippen LogP contribution in [0.15, 0.2) is 24.3 Å². The second kappa shape index (κ2) is 9.75. The van der Waals surface area contributed by atoms with Crippen LogP contribution in [-0.2, 0) is 0 Å². The van der Waals surface area contributed by atoms with Crippen molar-refractivity contribution in [2.24, 2.45) is 5.92 Å². The van der Waals surface area contributed by atoms with Gasteiger partial charge in [-0.2, -0.15) is 0 Å². The van der Waals surface area contributed by atoms with Gasteiger partial charge in [-0.25, -0.2) is 0 Å². The van der Waals surface area contributed by atoms with E-state index >= 15 is 0 Å². The number of hydrogen-bond donors (Lipinski definition) is 2. The predicted molar refractivity (Wildman–Crippen MR) is 111 cm³/mol. The molecule has 2 N–H and O–H groups in total. The van der Waals surface area contributed by atoms with Crippen molar-refractivity contribution in [1.29, 1.82) is 0 Å². The van der Waals surface area contributed by atoms with Crippen LogP contribution in [0.1, 0.15) is 51.4 Å². The van der Waals surface area contributed by atoms with Crippen LogP contribution in [0.5, 0.6) is 0 Å². The van der Waals surface area contributed by atoms with Crippen LogP contribution in [0.25, 0.3) is 0 Å². The number of rotatable bonds is 7. The molecular weight excluding hydrogens is 374 g/mol. The second-order valence-electron chi connectivity index (χ2n) is 7.39. The van der Waals surface area contributed by atoms with E-state index in [1.165, 1.54) is 12.8 Å². The molecule has 1 aliphatic rings. The molecule has 1 fully saturated rings. The zero-order valence-corrected chi connectivity index (χ0v) is 17.2. The summed E-state index contributed by atoms with van der Waals surface area (Å²) in [5.74, 6) is 0.118. The summed E-state index contributed by atoms with van der Waals surface area (Å²) < 4.78 is 0. The number of aryl methyl sites for hydroxylation is 1. The third-order valence-electron chi connectivity index (χ3n) is 4.80. The minimum atomic E-state index is -0.361. The summed E-state index contributed by atoms with van der Waals surface area (Å²) in [5, 5.41) is 13.7. The summed E-state index contributed by atoms with van der Waals surface area (Å²) in [6.45, 7) is 8.14. The van der Waals surface area contributed by atoms with Crippen molar-refractivity contribution < 1.29 is 9.59 Å². The lowest BCUT2D eigenvalue weighted by Gasteiger charge is -2.30. The molecule has 3 rings (SSSR count). The summed E-state index contributed by atoms with van der Waals surface area (Å²) >= 11 is 1.00. The van der Waals surface area contributed by atoms with Crippen LogP contribution >= 0.6 is 11.3 Å². The molecule has 0 spiro atoms. The van der Waals surface area contributed by atoms with Gasteiger partial charge in [-0.3, -0.25) is 9.59 Å². The van der Waals surface area contributed by atoms with E-state index in [1.54, 1.807) is 0 Å². The minimum absolute atomic E-state index is 0.174. The molecule has 0 aliphatic carbocycles. The molecular formula is C20H27N5O2S. The van der Waals surface area contributed by atoms with Crippen LogP contribution in [0.4, 0.5) is 5.69 Å². The molecule has 2 heterocycles. The van der Waals surface area contributed by atoms with Gasteiger partial charge in [0.05, 0.1) is 0 Å². The Labute approximate surface area is 169 Å². The van der Waals surface area contributed by atoms with Crippen molar-refractivity contribution in [1.82, 2.24) is 20.4 Å². The van der Waals surface area contributed by atoms with Gasteiger partial charge in [0.1, 0.15) is 0 Å². The Bertz CT molecular complexity index is 805. The number of likely N-dealkylation sites (tertiary alicyclic amines) is 1. The van der Waals surface area contributed by atoms with E-state index < -0.39 is 0 Å². The molecule has 0 bridgehead atoms. The van der Waals surface area contributed by atoms with Crippen molar-refractivity contribution in [3.63, 3.8) is 0 Å². The SMILES string of the molecule is Cc1ccc(NC(=O)c2nnc(C(=O)NCCCN3CCC[C@H](C)C3)s2)cc1. The highest BCUT2D eigenvalue weighted by Gasteiger charge is 2.18. The van der Waals surface area contributed by atoms with Crippen molar-refractivity contribution in [3.8, 4) is 0 Å². The number of anilines is 1. The first-order valence-electron chi connectivity index (χ1n) is 9.73. The quantitative estimate of drug-likeness (QED) is 0.697. The van der Waals surface area contributed by atoms with E-state index in [1.807, 2.05) is 31.2 Å². The van der Waals surface area contributed by atoms with E-state index in [9.17, 15) is 9.59 Å². The lowest BCUT2D eigenvalue weighted by atomic mass is 10.0. The second-order valence-corrected chi connectivity index (χ2v) is 8.37. The Balaban J connectivity index is 1.43. The smallest absolute Gasteiger partial charge is 0.286 e. The first-order valence-corrected chi connectivity index (χ1v) is 10.5. The minimum Gasteiger partial charge on any atom is -0.350 e. The van der Waals surface area contributed by atoms with Crippen LogP contribution in [0.3, 0.4) is 0 Å². The molecule has 1 aromatic carbocycles. The van der Waals surface area contributed by atoms with Crippen LogP contribution in [0.2, 0.25) is 0 Å². The fourth-order valence-corrected chi connectivity index (χ4v) is 3.95. The Kier molecular flexibility index (Phi) is 7.11. The number of hydrogen-bond acceptors (Lipinski definition) is 6. The fourth-order valence-electron chi connectivity index (χ4n) is 3.30. The molecule has 28 heavy (non-hydrogen) atoms. The summed E-state index contributed by atoms with van der Waals surface area (Å²) in [7, 11) is 0. The molecule has 1 atom stereocenters. The molecule has 0 unspecified atom stereocenters. The maximum atomic E-state index is 12.3. The van der Waals surface area contributed by atoms with Crippen molar-refractivity contribution in [3.05, 3.63) is 39.8 Å². The topological polar surface area (TPSA) is 87.2 Å². The molecule has 1 saturated heterocycles. The molecule has 0 saturated carbocycles. The highest BCUT2D eigenvalue weighted by molar-refractivity contribution is 7.15. The van der Waals surface area contributed by atoms with E-state index in [-0.39, 0.29) is 21.8 Å². The van der Waals surface area contributed by atoms with Crippen LogP contribution in [-0.4, -0.2) is 53.1 Å². The van der Waals surface area contributed by atoms with E-state index in [2.05, 4.69) is 32.7 Å². The monoisotopic (exact) mass is 401 g/mol.